The predicted molar refractivity (Wildman–Crippen MR) is 126 cm³/mol. The second kappa shape index (κ2) is 10.4. The summed E-state index contributed by atoms with van der Waals surface area (Å²) in [4.78, 5) is 16.2. The zero-order valence-electron chi connectivity index (χ0n) is 20.0. The topological polar surface area (TPSA) is 75.5 Å². The molecule has 0 unspecified atom stereocenters. The van der Waals surface area contributed by atoms with Crippen LogP contribution in [0.1, 0.15) is 28.3 Å². The summed E-state index contributed by atoms with van der Waals surface area (Å²) in [6.45, 7) is 2.67. The predicted octanol–water partition coefficient (Wildman–Crippen LogP) is 3.59. The fourth-order valence-electron chi connectivity index (χ4n) is 4.63. The molecule has 2 aliphatic heterocycles. The molecule has 0 saturated carbocycles. The molecule has 12 heteroatoms. The van der Waals surface area contributed by atoms with Gasteiger partial charge in [-0.15, -0.1) is 10.2 Å². The smallest absolute Gasteiger partial charge is 0.378 e. The summed E-state index contributed by atoms with van der Waals surface area (Å²) in [6.07, 6.45) is -4.15. The van der Waals surface area contributed by atoms with Crippen LogP contribution >= 0.6 is 0 Å². The van der Waals surface area contributed by atoms with Crippen LogP contribution in [-0.4, -0.2) is 58.5 Å². The first-order valence-electron chi connectivity index (χ1n) is 12.0. The van der Waals surface area contributed by atoms with Gasteiger partial charge in [-0.05, 0) is 35.4 Å². The van der Waals surface area contributed by atoms with Gasteiger partial charge >= 0.3 is 12.2 Å². The highest BCUT2D eigenvalue weighted by Crippen LogP contribution is 2.35. The van der Waals surface area contributed by atoms with E-state index in [0.29, 0.717) is 63.1 Å². The maximum atomic E-state index is 13.8. The van der Waals surface area contributed by atoms with Crippen molar-refractivity contribution in [1.29, 1.82) is 0 Å². The molecule has 0 atom stereocenters. The van der Waals surface area contributed by atoms with E-state index in [4.69, 9.17) is 4.74 Å². The Kier molecular flexibility index (Phi) is 7.00. The van der Waals surface area contributed by atoms with Crippen LogP contribution in [0.2, 0.25) is 0 Å². The number of carbonyl (C=O) groups is 1. The third-order valence-corrected chi connectivity index (χ3v) is 6.57. The van der Waals surface area contributed by atoms with Gasteiger partial charge < -0.3 is 24.4 Å². The van der Waals surface area contributed by atoms with Gasteiger partial charge in [0.2, 0.25) is 0 Å². The van der Waals surface area contributed by atoms with Crippen molar-refractivity contribution in [3.05, 3.63) is 76.6 Å². The Bertz CT molecular complexity index is 1270. The van der Waals surface area contributed by atoms with Crippen molar-refractivity contribution in [2.45, 2.75) is 32.2 Å². The lowest BCUT2D eigenvalue weighted by Gasteiger charge is -2.30. The SMILES string of the molecule is O=C(NCc1ccc(N2CCOCC2)cc1C(F)(F)F)N1CCn2c(Cc3cccc(F)c3)nnc2C1. The first-order valence-corrected chi connectivity index (χ1v) is 12.0. The summed E-state index contributed by atoms with van der Waals surface area (Å²) in [5.74, 6) is 0.901. The van der Waals surface area contributed by atoms with Crippen LogP contribution in [0.25, 0.3) is 0 Å². The zero-order chi connectivity index (χ0) is 26.0. The van der Waals surface area contributed by atoms with Gasteiger partial charge in [-0.2, -0.15) is 13.2 Å². The average Bonchev–Trinajstić information content (AvgIpc) is 3.29. The number of carbonyl (C=O) groups excluding carboxylic acids is 1. The van der Waals surface area contributed by atoms with Crippen molar-refractivity contribution in [1.82, 2.24) is 25.0 Å². The van der Waals surface area contributed by atoms with Gasteiger partial charge in [0.1, 0.15) is 11.6 Å². The van der Waals surface area contributed by atoms with Crippen molar-refractivity contribution < 1.29 is 27.1 Å². The van der Waals surface area contributed by atoms with Crippen LogP contribution in [0.5, 0.6) is 0 Å². The van der Waals surface area contributed by atoms with Crippen molar-refractivity contribution in [2.24, 2.45) is 0 Å². The van der Waals surface area contributed by atoms with Crippen LogP contribution in [0.4, 0.5) is 28.0 Å². The fourth-order valence-corrected chi connectivity index (χ4v) is 4.63. The third kappa shape index (κ3) is 5.68. The summed E-state index contributed by atoms with van der Waals surface area (Å²) in [6, 6.07) is 9.95. The van der Waals surface area contributed by atoms with E-state index in [2.05, 4.69) is 15.5 Å². The highest BCUT2D eigenvalue weighted by atomic mass is 19.4. The number of hydrogen-bond acceptors (Lipinski definition) is 5. The number of alkyl halides is 3. The summed E-state index contributed by atoms with van der Waals surface area (Å²) >= 11 is 0. The molecule has 1 saturated heterocycles. The number of benzene rings is 2. The van der Waals surface area contributed by atoms with Crippen LogP contribution in [0.3, 0.4) is 0 Å². The molecule has 2 aliphatic rings. The molecule has 1 N–H and O–H groups in total. The quantitative estimate of drug-likeness (QED) is 0.523. The molecule has 0 aliphatic carbocycles. The normalized spacial score (nSPS) is 16.0. The van der Waals surface area contributed by atoms with Crippen molar-refractivity contribution in [2.75, 3.05) is 37.7 Å². The summed E-state index contributed by atoms with van der Waals surface area (Å²) in [5.41, 5.74) is 0.471. The largest absolute Gasteiger partial charge is 0.416 e. The van der Waals surface area contributed by atoms with E-state index in [9.17, 15) is 22.4 Å². The summed E-state index contributed by atoms with van der Waals surface area (Å²) in [7, 11) is 0. The van der Waals surface area contributed by atoms with Crippen LogP contribution < -0.4 is 10.2 Å². The number of halogens is 4. The molecule has 2 amide bonds. The zero-order valence-corrected chi connectivity index (χ0v) is 20.0. The molecule has 1 fully saturated rings. The molecule has 8 nitrogen and oxygen atoms in total. The number of rotatable bonds is 5. The molecule has 3 heterocycles. The number of anilines is 1. The van der Waals surface area contributed by atoms with Gasteiger partial charge in [0.05, 0.1) is 25.3 Å². The molecule has 196 valence electrons. The number of nitrogens with zero attached hydrogens (tertiary/aromatic N) is 5. The van der Waals surface area contributed by atoms with E-state index in [1.165, 1.54) is 23.1 Å². The highest BCUT2D eigenvalue weighted by molar-refractivity contribution is 5.74. The molecular weight excluding hydrogens is 492 g/mol. The molecule has 5 rings (SSSR count). The first kappa shape index (κ1) is 25.0. The standard InChI is InChI=1S/C25H26F4N6O2/c26-19-3-1-2-17(12-19)13-22-31-32-23-16-34(6-7-35(22)23)24(36)30-15-18-4-5-20(14-21(18)25(27,28)29)33-8-10-37-11-9-33/h1-5,12,14H,6-11,13,15-16H2,(H,30,36). The summed E-state index contributed by atoms with van der Waals surface area (Å²) < 4.78 is 62.1. The van der Waals surface area contributed by atoms with E-state index in [1.807, 2.05) is 9.47 Å². The van der Waals surface area contributed by atoms with Gasteiger partial charge in [0.25, 0.3) is 0 Å². The molecule has 3 aromatic rings. The Hall–Kier alpha value is -3.67. The van der Waals surface area contributed by atoms with Gasteiger partial charge in [0.15, 0.2) is 5.82 Å². The minimum atomic E-state index is -4.55. The monoisotopic (exact) mass is 518 g/mol. The molecule has 1 aromatic heterocycles. The summed E-state index contributed by atoms with van der Waals surface area (Å²) in [5, 5.41) is 11.0. The minimum Gasteiger partial charge on any atom is -0.378 e. The second-order valence-corrected chi connectivity index (χ2v) is 9.01. The van der Waals surface area contributed by atoms with E-state index >= 15 is 0 Å². The van der Waals surface area contributed by atoms with Crippen LogP contribution in [0.15, 0.2) is 42.5 Å². The maximum Gasteiger partial charge on any atom is 0.416 e. The van der Waals surface area contributed by atoms with Crippen LogP contribution in [-0.2, 0) is 37.0 Å². The number of aromatic nitrogens is 3. The molecule has 37 heavy (non-hydrogen) atoms. The Morgan fingerprint density at radius 2 is 1.84 bits per heavy atom. The molecular formula is C25H26F4N6O2. The molecule has 0 spiro atoms. The Labute approximate surface area is 210 Å². The van der Waals surface area contributed by atoms with Crippen molar-refractivity contribution in [3.8, 4) is 0 Å². The number of hydrogen-bond donors (Lipinski definition) is 1. The number of nitrogens with one attached hydrogen (secondary N) is 1. The number of morpholine rings is 1. The van der Waals surface area contributed by atoms with Gasteiger partial charge in [0, 0.05) is 44.8 Å². The number of amides is 2. The number of fused-ring (bicyclic) bond motifs is 1. The van der Waals surface area contributed by atoms with E-state index < -0.39 is 17.8 Å². The van der Waals surface area contributed by atoms with Gasteiger partial charge in [-0.25, -0.2) is 9.18 Å². The third-order valence-electron chi connectivity index (χ3n) is 6.57. The Morgan fingerprint density at radius 3 is 2.59 bits per heavy atom. The van der Waals surface area contributed by atoms with E-state index in [0.717, 1.165) is 11.6 Å². The molecule has 0 radical (unpaired) electrons. The molecule has 2 aromatic carbocycles. The highest BCUT2D eigenvalue weighted by Gasteiger charge is 2.34. The van der Waals surface area contributed by atoms with Crippen molar-refractivity contribution >= 4 is 11.7 Å². The second-order valence-electron chi connectivity index (χ2n) is 9.01. The average molecular weight is 519 g/mol. The number of ether oxygens (including phenoxy) is 1. The minimum absolute atomic E-state index is 0.00425. The van der Waals surface area contributed by atoms with Crippen LogP contribution in [0, 0.1) is 5.82 Å². The van der Waals surface area contributed by atoms with E-state index in [1.54, 1.807) is 18.2 Å². The van der Waals surface area contributed by atoms with Gasteiger partial charge in [-0.3, -0.25) is 0 Å². The Balaban J connectivity index is 1.23. The first-order chi connectivity index (χ1) is 17.8. The fraction of sp³-hybridized carbons (Fsp3) is 0.400. The Morgan fingerprint density at radius 1 is 1.03 bits per heavy atom. The van der Waals surface area contributed by atoms with E-state index in [-0.39, 0.29) is 24.5 Å². The molecule has 0 bridgehead atoms. The lowest BCUT2D eigenvalue weighted by molar-refractivity contribution is -0.138. The number of urea groups is 1. The van der Waals surface area contributed by atoms with Crippen molar-refractivity contribution in [3.63, 3.8) is 0 Å². The maximum absolute atomic E-state index is 13.8. The van der Waals surface area contributed by atoms with Gasteiger partial charge in [-0.1, -0.05) is 18.2 Å². The lowest BCUT2D eigenvalue weighted by Crippen LogP contribution is -2.44. The lowest BCUT2D eigenvalue weighted by atomic mass is 10.0.